The maximum atomic E-state index is 5.72. The molecule has 0 saturated heterocycles. The van der Waals surface area contributed by atoms with Gasteiger partial charge in [-0.2, -0.15) is 5.10 Å². The molecule has 0 saturated carbocycles. The zero-order valence-corrected chi connectivity index (χ0v) is 8.03. The number of hydrogen-bond donors (Lipinski definition) is 1. The molecule has 0 radical (unpaired) electrons. The average Bonchev–Trinajstić information content (AvgIpc) is 2.72. The molecule has 4 nitrogen and oxygen atoms in total. The van der Waals surface area contributed by atoms with Crippen LogP contribution in [0.1, 0.15) is 18.0 Å². The van der Waals surface area contributed by atoms with Crippen LogP contribution in [0, 0.1) is 0 Å². The third-order valence-corrected chi connectivity index (χ3v) is 2.82. The van der Waals surface area contributed by atoms with Gasteiger partial charge < -0.3 is 5.73 Å². The van der Waals surface area contributed by atoms with Crippen molar-refractivity contribution in [1.29, 1.82) is 0 Å². The molecule has 0 amide bonds. The van der Waals surface area contributed by atoms with Gasteiger partial charge in [0, 0.05) is 11.6 Å². The Kier molecular flexibility index (Phi) is 2.02. The Morgan fingerprint density at radius 1 is 1.54 bits per heavy atom. The molecule has 0 aliphatic rings. The molecule has 68 valence electrons. The lowest BCUT2D eigenvalue weighted by atomic mass is 10.3. The van der Waals surface area contributed by atoms with E-state index in [0.717, 1.165) is 5.01 Å². The fraction of sp³-hybridized carbons (Fsp3) is 0.250. The van der Waals surface area contributed by atoms with E-state index in [2.05, 4.69) is 10.1 Å². The Morgan fingerprint density at radius 3 is 2.92 bits per heavy atom. The Bertz CT molecular complexity index is 379. The molecular formula is C8H10N4S. The number of rotatable bonds is 2. The average molecular weight is 194 g/mol. The van der Waals surface area contributed by atoms with Gasteiger partial charge >= 0.3 is 0 Å². The van der Waals surface area contributed by atoms with Crippen LogP contribution in [0.2, 0.25) is 0 Å². The van der Waals surface area contributed by atoms with Crippen LogP contribution in [-0.4, -0.2) is 14.8 Å². The van der Waals surface area contributed by atoms with E-state index < -0.39 is 0 Å². The minimum Gasteiger partial charge on any atom is -0.384 e. The summed E-state index contributed by atoms with van der Waals surface area (Å²) in [5, 5.41) is 7.10. The first-order valence-corrected chi connectivity index (χ1v) is 4.85. The predicted molar refractivity (Wildman–Crippen MR) is 52.6 cm³/mol. The van der Waals surface area contributed by atoms with Crippen molar-refractivity contribution in [3.8, 4) is 0 Å². The summed E-state index contributed by atoms with van der Waals surface area (Å²) in [6.07, 6.45) is 3.48. The molecule has 2 aromatic heterocycles. The lowest BCUT2D eigenvalue weighted by molar-refractivity contribution is 0.570. The van der Waals surface area contributed by atoms with Gasteiger partial charge in [0.05, 0.1) is 6.20 Å². The summed E-state index contributed by atoms with van der Waals surface area (Å²) in [6, 6.07) is 1.90. The number of nitrogen functional groups attached to an aromatic ring is 1. The molecule has 2 rings (SSSR count). The van der Waals surface area contributed by atoms with E-state index in [1.54, 1.807) is 34.5 Å². The van der Waals surface area contributed by atoms with Crippen LogP contribution in [0.4, 0.5) is 5.82 Å². The van der Waals surface area contributed by atoms with Gasteiger partial charge in [0.15, 0.2) is 0 Å². The normalized spacial score (nSPS) is 13.0. The second-order valence-electron chi connectivity index (χ2n) is 2.75. The summed E-state index contributed by atoms with van der Waals surface area (Å²) in [7, 11) is 0. The maximum absolute atomic E-state index is 5.72. The van der Waals surface area contributed by atoms with Crippen molar-refractivity contribution in [3.63, 3.8) is 0 Å². The van der Waals surface area contributed by atoms with Crippen LogP contribution in [0.3, 0.4) is 0 Å². The highest BCUT2D eigenvalue weighted by Gasteiger charge is 2.12. The Labute approximate surface area is 80.0 Å². The van der Waals surface area contributed by atoms with E-state index in [0.29, 0.717) is 5.82 Å². The van der Waals surface area contributed by atoms with Crippen molar-refractivity contribution in [1.82, 2.24) is 14.8 Å². The van der Waals surface area contributed by atoms with Crippen molar-refractivity contribution >= 4 is 17.2 Å². The van der Waals surface area contributed by atoms with Crippen LogP contribution in [-0.2, 0) is 0 Å². The van der Waals surface area contributed by atoms with Gasteiger partial charge in [0.2, 0.25) is 0 Å². The monoisotopic (exact) mass is 194 g/mol. The zero-order valence-electron chi connectivity index (χ0n) is 7.21. The summed E-state index contributed by atoms with van der Waals surface area (Å²) in [5.74, 6) is 0.669. The van der Waals surface area contributed by atoms with Crippen LogP contribution in [0.25, 0.3) is 0 Å². The number of nitrogens with zero attached hydrogens (tertiary/aromatic N) is 3. The second kappa shape index (κ2) is 3.18. The van der Waals surface area contributed by atoms with E-state index in [1.165, 1.54) is 0 Å². The topological polar surface area (TPSA) is 56.7 Å². The highest BCUT2D eigenvalue weighted by atomic mass is 32.1. The molecule has 2 aromatic rings. The summed E-state index contributed by atoms with van der Waals surface area (Å²) in [6.45, 7) is 2.03. The number of nitrogens with two attached hydrogens (primary N) is 1. The molecule has 0 aliphatic carbocycles. The van der Waals surface area contributed by atoms with Gasteiger partial charge in [-0.15, -0.1) is 11.3 Å². The third kappa shape index (κ3) is 1.42. The van der Waals surface area contributed by atoms with Gasteiger partial charge in [-0.25, -0.2) is 9.67 Å². The molecule has 2 N–H and O–H groups in total. The van der Waals surface area contributed by atoms with Gasteiger partial charge in [-0.05, 0) is 13.0 Å². The fourth-order valence-corrected chi connectivity index (χ4v) is 1.87. The van der Waals surface area contributed by atoms with Gasteiger partial charge in [0.1, 0.15) is 16.9 Å². The predicted octanol–water partition coefficient (Wildman–Crippen LogP) is 1.53. The Balaban J connectivity index is 2.33. The van der Waals surface area contributed by atoms with E-state index in [4.69, 9.17) is 5.73 Å². The number of anilines is 1. The molecule has 2 heterocycles. The first-order chi connectivity index (χ1) is 6.29. The zero-order chi connectivity index (χ0) is 9.26. The SMILES string of the molecule is CC(c1nccs1)n1nccc1N. The van der Waals surface area contributed by atoms with Crippen molar-refractivity contribution in [2.45, 2.75) is 13.0 Å². The van der Waals surface area contributed by atoms with Crippen molar-refractivity contribution in [3.05, 3.63) is 28.8 Å². The molecule has 0 aliphatic heterocycles. The molecule has 0 fully saturated rings. The van der Waals surface area contributed by atoms with Crippen molar-refractivity contribution in [2.24, 2.45) is 0 Å². The first-order valence-electron chi connectivity index (χ1n) is 3.97. The molecular weight excluding hydrogens is 184 g/mol. The molecule has 0 spiro atoms. The lowest BCUT2D eigenvalue weighted by Crippen LogP contribution is -2.10. The van der Waals surface area contributed by atoms with Gasteiger partial charge in [-0.1, -0.05) is 0 Å². The van der Waals surface area contributed by atoms with Crippen LogP contribution in [0.5, 0.6) is 0 Å². The van der Waals surface area contributed by atoms with Crippen molar-refractivity contribution < 1.29 is 0 Å². The third-order valence-electron chi connectivity index (χ3n) is 1.88. The quantitative estimate of drug-likeness (QED) is 0.788. The van der Waals surface area contributed by atoms with E-state index in [9.17, 15) is 0 Å². The Morgan fingerprint density at radius 2 is 2.38 bits per heavy atom. The van der Waals surface area contributed by atoms with Crippen LogP contribution in [0.15, 0.2) is 23.8 Å². The van der Waals surface area contributed by atoms with E-state index >= 15 is 0 Å². The maximum Gasteiger partial charge on any atom is 0.122 e. The minimum absolute atomic E-state index is 0.120. The summed E-state index contributed by atoms with van der Waals surface area (Å²) < 4.78 is 1.76. The number of hydrogen-bond acceptors (Lipinski definition) is 4. The van der Waals surface area contributed by atoms with E-state index in [-0.39, 0.29) is 6.04 Å². The summed E-state index contributed by atoms with van der Waals surface area (Å²) in [5.41, 5.74) is 5.72. The standard InChI is InChI=1S/C8H10N4S/c1-6(8-10-4-5-13-8)12-7(9)2-3-11-12/h2-6H,9H2,1H3. The number of thiazole rings is 1. The lowest BCUT2D eigenvalue weighted by Gasteiger charge is -2.10. The molecule has 1 atom stereocenters. The summed E-state index contributed by atoms with van der Waals surface area (Å²) >= 11 is 1.61. The second-order valence-corrected chi connectivity index (χ2v) is 3.67. The van der Waals surface area contributed by atoms with E-state index in [1.807, 2.05) is 12.3 Å². The molecule has 13 heavy (non-hydrogen) atoms. The molecule has 0 aromatic carbocycles. The van der Waals surface area contributed by atoms with Gasteiger partial charge in [-0.3, -0.25) is 0 Å². The number of aromatic nitrogens is 3. The highest BCUT2D eigenvalue weighted by Crippen LogP contribution is 2.21. The Hall–Kier alpha value is -1.36. The molecule has 0 bridgehead atoms. The molecule has 5 heteroatoms. The van der Waals surface area contributed by atoms with Crippen LogP contribution < -0.4 is 5.73 Å². The van der Waals surface area contributed by atoms with Crippen LogP contribution >= 0.6 is 11.3 Å². The van der Waals surface area contributed by atoms with Gasteiger partial charge in [0.25, 0.3) is 0 Å². The smallest absolute Gasteiger partial charge is 0.122 e. The minimum atomic E-state index is 0.120. The fourth-order valence-electron chi connectivity index (χ4n) is 1.19. The first kappa shape index (κ1) is 8.25. The summed E-state index contributed by atoms with van der Waals surface area (Å²) in [4.78, 5) is 4.22. The highest BCUT2D eigenvalue weighted by molar-refractivity contribution is 7.09. The molecule has 1 unspecified atom stereocenters. The largest absolute Gasteiger partial charge is 0.384 e. The van der Waals surface area contributed by atoms with Crippen molar-refractivity contribution in [2.75, 3.05) is 5.73 Å².